The van der Waals surface area contributed by atoms with Crippen LogP contribution in [0.4, 0.5) is 0 Å². The molecule has 0 aliphatic heterocycles. The molecule has 4 atom stereocenters. The first-order chi connectivity index (χ1) is 30.1. The summed E-state index contributed by atoms with van der Waals surface area (Å²) in [6.45, 7) is 3.78. The van der Waals surface area contributed by atoms with Gasteiger partial charge in [-0.15, -0.1) is 0 Å². The lowest BCUT2D eigenvalue weighted by atomic mass is 10.0. The summed E-state index contributed by atoms with van der Waals surface area (Å²) < 4.78 is 47.7. The number of aliphatic hydroxyl groups excluding tert-OH is 2. The third-order valence-corrected chi connectivity index (χ3v) is 10.8. The molecule has 0 aromatic heterocycles. The Morgan fingerprint density at radius 3 is 1.67 bits per heavy atom. The molecule has 0 saturated heterocycles. The van der Waals surface area contributed by atoms with Gasteiger partial charge in [0.15, 0.2) is 6.10 Å². The summed E-state index contributed by atoms with van der Waals surface area (Å²) in [6.07, 6.45) is 41.0. The molecule has 0 aromatic rings. The molecule has 5 N–H and O–H groups in total. The number of phosphoric acid groups is 2. The predicted octanol–water partition coefficient (Wildman–Crippen LogP) is 11.0. The summed E-state index contributed by atoms with van der Waals surface area (Å²) in [5.74, 6) is -0.359. The zero-order chi connectivity index (χ0) is 46.9. The molecule has 2 unspecified atom stereocenters. The molecule has 16 heteroatoms. The van der Waals surface area contributed by atoms with E-state index in [1.54, 1.807) is 6.08 Å². The lowest BCUT2D eigenvalue weighted by Crippen LogP contribution is -2.29. The maximum atomic E-state index is 12.7. The molecule has 0 amide bonds. The summed E-state index contributed by atoms with van der Waals surface area (Å²) >= 11 is 0. The smallest absolute Gasteiger partial charge is 0.462 e. The van der Waals surface area contributed by atoms with Crippen molar-refractivity contribution in [2.24, 2.45) is 5.92 Å². The normalized spacial score (nSPS) is 15.2. The van der Waals surface area contributed by atoms with E-state index in [0.29, 0.717) is 25.7 Å². The average molecular weight is 933 g/mol. The van der Waals surface area contributed by atoms with E-state index in [1.165, 1.54) is 57.8 Å². The topological polar surface area (TPSA) is 216 Å². The molecular weight excluding hydrogens is 850 g/mol. The quantitative estimate of drug-likeness (QED) is 0.0127. The van der Waals surface area contributed by atoms with Crippen molar-refractivity contribution in [3.05, 3.63) is 72.9 Å². The molecule has 0 fully saturated rings. The zero-order valence-electron chi connectivity index (χ0n) is 38.4. The van der Waals surface area contributed by atoms with Gasteiger partial charge in [0.2, 0.25) is 0 Å². The van der Waals surface area contributed by atoms with Gasteiger partial charge in [-0.2, -0.15) is 0 Å². The van der Waals surface area contributed by atoms with E-state index in [2.05, 4.69) is 42.0 Å². The van der Waals surface area contributed by atoms with Crippen LogP contribution in [-0.4, -0.2) is 81.6 Å². The van der Waals surface area contributed by atoms with Crippen LogP contribution in [0.5, 0.6) is 0 Å². The second-order valence-corrected chi connectivity index (χ2v) is 18.7. The number of ether oxygens (including phenoxy) is 2. The Morgan fingerprint density at radius 2 is 1.10 bits per heavy atom. The number of aliphatic hydroxyl groups is 2. The van der Waals surface area contributed by atoms with Crippen LogP contribution in [-0.2, 0) is 41.8 Å². The van der Waals surface area contributed by atoms with Gasteiger partial charge in [0.05, 0.1) is 25.9 Å². The zero-order valence-corrected chi connectivity index (χ0v) is 40.2. The second kappa shape index (κ2) is 41.0. The minimum Gasteiger partial charge on any atom is -0.462 e. The van der Waals surface area contributed by atoms with Crippen LogP contribution in [0.2, 0.25) is 0 Å². The van der Waals surface area contributed by atoms with Crippen molar-refractivity contribution >= 4 is 27.6 Å². The highest BCUT2D eigenvalue weighted by Crippen LogP contribution is 2.43. The first-order valence-electron chi connectivity index (χ1n) is 23.1. The SMILES string of the molecule is CC/C=C\CC(O)/C=C/C=C/C/C=C\C/C=C\C/C=C\CCC(=O)OC[C@H](COP(=O)(O)OC[C@@H](O)COP(=O)(O)O)OC(=O)CCCCCCCCCCCCCCCC(C)C. The Kier molecular flexibility index (Phi) is 39.4. The van der Waals surface area contributed by atoms with Crippen LogP contribution in [0, 0.1) is 5.92 Å². The fraction of sp³-hybridized carbons (Fsp3) is 0.702. The maximum absolute atomic E-state index is 12.7. The van der Waals surface area contributed by atoms with Crippen LogP contribution in [0.1, 0.15) is 162 Å². The number of esters is 2. The largest absolute Gasteiger partial charge is 0.472 e. The van der Waals surface area contributed by atoms with E-state index < -0.39 is 72.3 Å². The summed E-state index contributed by atoms with van der Waals surface area (Å²) in [4.78, 5) is 52.7. The van der Waals surface area contributed by atoms with Crippen molar-refractivity contribution < 1.29 is 66.7 Å². The predicted molar refractivity (Wildman–Crippen MR) is 250 cm³/mol. The fourth-order valence-electron chi connectivity index (χ4n) is 5.88. The molecule has 0 aliphatic rings. The van der Waals surface area contributed by atoms with Gasteiger partial charge in [-0.25, -0.2) is 9.13 Å². The lowest BCUT2D eigenvalue weighted by molar-refractivity contribution is -0.161. The van der Waals surface area contributed by atoms with Gasteiger partial charge in [-0.1, -0.05) is 177 Å². The maximum Gasteiger partial charge on any atom is 0.472 e. The van der Waals surface area contributed by atoms with Gasteiger partial charge in [0, 0.05) is 12.8 Å². The lowest BCUT2D eigenvalue weighted by Gasteiger charge is -2.20. The van der Waals surface area contributed by atoms with Crippen LogP contribution in [0.15, 0.2) is 72.9 Å². The third kappa shape index (κ3) is 45.9. The minimum atomic E-state index is -4.88. The monoisotopic (exact) mass is 933 g/mol. The van der Waals surface area contributed by atoms with Gasteiger partial charge < -0.3 is 34.4 Å². The third-order valence-electron chi connectivity index (χ3n) is 9.37. The second-order valence-electron chi connectivity index (χ2n) is 16.0. The van der Waals surface area contributed by atoms with Gasteiger partial charge >= 0.3 is 27.6 Å². The first kappa shape index (κ1) is 60.5. The number of carbonyl (C=O) groups is 2. The highest BCUT2D eigenvalue weighted by atomic mass is 31.2. The Bertz CT molecular complexity index is 1420. The van der Waals surface area contributed by atoms with Crippen LogP contribution >= 0.6 is 15.6 Å². The molecule has 0 heterocycles. The molecule has 0 aliphatic carbocycles. The van der Waals surface area contributed by atoms with Crippen molar-refractivity contribution in [3.63, 3.8) is 0 Å². The highest BCUT2D eigenvalue weighted by Gasteiger charge is 2.28. The molecule has 0 saturated carbocycles. The minimum absolute atomic E-state index is 0.0524. The Labute approximate surface area is 378 Å². The number of allylic oxidation sites excluding steroid dienone is 10. The van der Waals surface area contributed by atoms with Gasteiger partial charge in [-0.3, -0.25) is 23.2 Å². The van der Waals surface area contributed by atoms with Gasteiger partial charge in [0.25, 0.3) is 0 Å². The molecule has 14 nitrogen and oxygen atoms in total. The van der Waals surface area contributed by atoms with Crippen molar-refractivity contribution in [2.45, 2.75) is 180 Å². The molecule has 0 radical (unpaired) electrons. The number of rotatable bonds is 42. The summed E-state index contributed by atoms with van der Waals surface area (Å²) in [5.41, 5.74) is 0. The summed E-state index contributed by atoms with van der Waals surface area (Å²) in [7, 11) is -9.71. The van der Waals surface area contributed by atoms with Gasteiger partial charge in [-0.05, 0) is 50.9 Å². The molecule has 0 spiro atoms. The number of unbranched alkanes of at least 4 members (excludes halogenated alkanes) is 12. The van der Waals surface area contributed by atoms with E-state index in [0.717, 1.165) is 50.9 Å². The van der Waals surface area contributed by atoms with E-state index in [9.17, 15) is 33.8 Å². The Hall–Kier alpha value is -2.48. The van der Waals surface area contributed by atoms with Crippen LogP contribution in [0.25, 0.3) is 0 Å². The van der Waals surface area contributed by atoms with Crippen molar-refractivity contribution in [2.75, 3.05) is 26.4 Å². The molecule has 63 heavy (non-hydrogen) atoms. The Morgan fingerprint density at radius 1 is 0.571 bits per heavy atom. The first-order valence-corrected chi connectivity index (χ1v) is 26.1. The van der Waals surface area contributed by atoms with Crippen molar-refractivity contribution in [1.29, 1.82) is 0 Å². The number of hydrogen-bond acceptors (Lipinski definition) is 11. The van der Waals surface area contributed by atoms with Crippen molar-refractivity contribution in [1.82, 2.24) is 0 Å². The van der Waals surface area contributed by atoms with Crippen molar-refractivity contribution in [3.8, 4) is 0 Å². The molecule has 364 valence electrons. The molecule has 0 aromatic carbocycles. The molecular formula is C47H82O14P2. The standard InChI is InChI=1S/C47H82O14P2/c1-4-5-28-34-43(48)35-30-25-21-17-13-9-7-10-14-18-22-26-31-36-46(50)57-40-45(41-60-63(55,56)59-39-44(49)38-58-62(52,53)54)61-47(51)37-32-27-23-19-15-11-6-8-12-16-20-24-29-33-42(2)3/h5,9-10,13-14,21-22,25-26,28,30,35,42-45,48-49H,4,6-8,11-12,15-20,23-24,27,29,31-34,36-41H2,1-3H3,(H,55,56)(H2,52,53,54)/b13-9-,14-10-,25-21+,26-22-,28-5-,35-30+/t43?,44-,45+/m0/s1. The van der Waals surface area contributed by atoms with E-state index in [1.807, 2.05) is 54.7 Å². The highest BCUT2D eigenvalue weighted by molar-refractivity contribution is 7.47. The fourth-order valence-corrected chi connectivity index (χ4v) is 7.03. The van der Waals surface area contributed by atoms with Crippen LogP contribution in [0.3, 0.4) is 0 Å². The molecule has 0 rings (SSSR count). The van der Waals surface area contributed by atoms with E-state index in [4.69, 9.17) is 23.8 Å². The van der Waals surface area contributed by atoms with E-state index >= 15 is 0 Å². The number of hydrogen-bond donors (Lipinski definition) is 5. The van der Waals surface area contributed by atoms with E-state index in [-0.39, 0.29) is 12.8 Å². The summed E-state index contributed by atoms with van der Waals surface area (Å²) in [6, 6.07) is 0. The number of carbonyl (C=O) groups excluding carboxylic acids is 2. The number of phosphoric ester groups is 2. The Balaban J connectivity index is 4.63. The van der Waals surface area contributed by atoms with Crippen LogP contribution < -0.4 is 0 Å². The average Bonchev–Trinajstić information content (AvgIpc) is 3.22. The molecule has 0 bridgehead atoms. The summed E-state index contributed by atoms with van der Waals surface area (Å²) in [5, 5.41) is 19.6. The van der Waals surface area contributed by atoms with Gasteiger partial charge in [0.1, 0.15) is 12.7 Å².